The maximum atomic E-state index is 12.1. The van der Waals surface area contributed by atoms with Crippen molar-refractivity contribution in [1.82, 2.24) is 10.3 Å². The van der Waals surface area contributed by atoms with Crippen molar-refractivity contribution in [2.24, 2.45) is 5.92 Å². The second-order valence-corrected chi connectivity index (χ2v) is 5.18. The summed E-state index contributed by atoms with van der Waals surface area (Å²) in [6.07, 6.45) is 2.76. The van der Waals surface area contributed by atoms with Crippen molar-refractivity contribution in [3.8, 4) is 0 Å². The van der Waals surface area contributed by atoms with Crippen molar-refractivity contribution in [2.75, 3.05) is 6.61 Å². The fraction of sp³-hybridized carbons (Fsp3) is 0.692. The summed E-state index contributed by atoms with van der Waals surface area (Å²) in [7, 11) is 0. The second kappa shape index (κ2) is 4.72. The van der Waals surface area contributed by atoms with Crippen molar-refractivity contribution in [3.05, 3.63) is 17.3 Å². The van der Waals surface area contributed by atoms with Gasteiger partial charge in [-0.25, -0.2) is 4.98 Å². The molecule has 18 heavy (non-hydrogen) atoms. The average Bonchev–Trinajstić information content (AvgIpc) is 3.13. The summed E-state index contributed by atoms with van der Waals surface area (Å²) in [4.78, 5) is 16.3. The first kappa shape index (κ1) is 13.1. The highest BCUT2D eigenvalue weighted by molar-refractivity contribution is 5.93. The molecule has 1 heterocycles. The van der Waals surface area contributed by atoms with Crippen LogP contribution in [0.15, 0.2) is 4.42 Å². The van der Waals surface area contributed by atoms with Crippen molar-refractivity contribution in [1.29, 1.82) is 0 Å². The van der Waals surface area contributed by atoms with Gasteiger partial charge in [0.05, 0.1) is 17.8 Å². The van der Waals surface area contributed by atoms with E-state index < -0.39 is 5.54 Å². The molecule has 0 spiro atoms. The summed E-state index contributed by atoms with van der Waals surface area (Å²) >= 11 is 0. The van der Waals surface area contributed by atoms with E-state index in [1.807, 2.05) is 13.8 Å². The number of nitrogens with one attached hydrogen (secondary N) is 1. The molecule has 5 nitrogen and oxygen atoms in total. The minimum absolute atomic E-state index is 0.0583. The maximum Gasteiger partial charge on any atom is 0.289 e. The summed E-state index contributed by atoms with van der Waals surface area (Å²) in [6, 6.07) is 0. The van der Waals surface area contributed by atoms with Crippen LogP contribution in [-0.2, 0) is 6.42 Å². The molecule has 1 saturated carbocycles. The Bertz CT molecular complexity index is 451. The van der Waals surface area contributed by atoms with Crippen LogP contribution < -0.4 is 5.32 Å². The van der Waals surface area contributed by atoms with E-state index in [1.54, 1.807) is 6.92 Å². The molecule has 2 rings (SSSR count). The topological polar surface area (TPSA) is 75.4 Å². The third-order valence-electron chi connectivity index (χ3n) is 3.56. The zero-order valence-corrected chi connectivity index (χ0v) is 11.1. The molecular formula is C13H20N2O3. The number of hydrogen-bond donors (Lipinski definition) is 2. The number of aliphatic hydroxyl groups excluding tert-OH is 1. The number of carbonyl (C=O) groups excluding carboxylic acids is 1. The summed E-state index contributed by atoms with van der Waals surface area (Å²) in [5.41, 5.74) is 0.0447. The molecule has 0 bridgehead atoms. The summed E-state index contributed by atoms with van der Waals surface area (Å²) in [6.45, 7) is 5.49. The molecule has 0 radical (unpaired) electrons. The van der Waals surface area contributed by atoms with Gasteiger partial charge >= 0.3 is 0 Å². The fourth-order valence-electron chi connectivity index (χ4n) is 2.12. The molecule has 2 N–H and O–H groups in total. The zero-order chi connectivity index (χ0) is 13.3. The first-order valence-electron chi connectivity index (χ1n) is 6.40. The molecule has 1 aliphatic rings. The van der Waals surface area contributed by atoms with Gasteiger partial charge in [-0.05, 0) is 32.6 Å². The van der Waals surface area contributed by atoms with E-state index in [4.69, 9.17) is 4.42 Å². The van der Waals surface area contributed by atoms with Crippen molar-refractivity contribution in [2.45, 2.75) is 45.6 Å². The summed E-state index contributed by atoms with van der Waals surface area (Å²) in [5, 5.41) is 12.3. The number of aryl methyl sites for hydroxylation is 2. The lowest BCUT2D eigenvalue weighted by molar-refractivity contribution is 0.0794. The molecule has 1 amide bonds. The predicted molar refractivity (Wildman–Crippen MR) is 66.3 cm³/mol. The standard InChI is InChI=1S/C13H20N2O3/c1-4-10-14-8(2)11(18-10)12(17)15-13(3,7-16)9-5-6-9/h9,16H,4-7H2,1-3H3,(H,15,17). The van der Waals surface area contributed by atoms with Gasteiger partial charge in [-0.15, -0.1) is 0 Å². The summed E-state index contributed by atoms with van der Waals surface area (Å²) < 4.78 is 5.41. The average molecular weight is 252 g/mol. The highest BCUT2D eigenvalue weighted by atomic mass is 16.4. The smallest absolute Gasteiger partial charge is 0.289 e. The van der Waals surface area contributed by atoms with E-state index in [1.165, 1.54) is 0 Å². The van der Waals surface area contributed by atoms with E-state index >= 15 is 0 Å². The van der Waals surface area contributed by atoms with E-state index in [0.717, 1.165) is 12.8 Å². The molecule has 0 saturated heterocycles. The highest BCUT2D eigenvalue weighted by Crippen LogP contribution is 2.39. The Morgan fingerprint density at radius 3 is 2.72 bits per heavy atom. The molecule has 0 aromatic carbocycles. The third kappa shape index (κ3) is 2.41. The Morgan fingerprint density at radius 1 is 1.61 bits per heavy atom. The first-order valence-corrected chi connectivity index (χ1v) is 6.40. The number of aromatic nitrogens is 1. The van der Waals surface area contributed by atoms with E-state index in [0.29, 0.717) is 23.9 Å². The number of rotatable bonds is 5. The lowest BCUT2D eigenvalue weighted by atomic mass is 9.97. The molecular weight excluding hydrogens is 232 g/mol. The number of hydrogen-bond acceptors (Lipinski definition) is 4. The van der Waals surface area contributed by atoms with Crippen LogP contribution in [0.25, 0.3) is 0 Å². The van der Waals surface area contributed by atoms with Gasteiger partial charge in [-0.2, -0.15) is 0 Å². The monoisotopic (exact) mass is 252 g/mol. The van der Waals surface area contributed by atoms with Crippen molar-refractivity contribution < 1.29 is 14.3 Å². The quantitative estimate of drug-likeness (QED) is 0.831. The van der Waals surface area contributed by atoms with Crippen LogP contribution >= 0.6 is 0 Å². The summed E-state index contributed by atoms with van der Waals surface area (Å²) in [5.74, 6) is 0.894. The highest BCUT2D eigenvalue weighted by Gasteiger charge is 2.42. The number of nitrogens with zero attached hydrogens (tertiary/aromatic N) is 1. The predicted octanol–water partition coefficient (Wildman–Crippen LogP) is 1.44. The van der Waals surface area contributed by atoms with Crippen LogP contribution in [0.3, 0.4) is 0 Å². The van der Waals surface area contributed by atoms with Gasteiger partial charge in [0.1, 0.15) is 0 Å². The Kier molecular flexibility index (Phi) is 3.43. The Labute approximate surface area is 107 Å². The number of aliphatic hydroxyl groups is 1. The molecule has 1 fully saturated rings. The number of amides is 1. The lowest BCUT2D eigenvalue weighted by Gasteiger charge is -2.28. The minimum Gasteiger partial charge on any atom is -0.435 e. The van der Waals surface area contributed by atoms with Gasteiger partial charge in [0.25, 0.3) is 5.91 Å². The molecule has 1 aromatic rings. The van der Waals surface area contributed by atoms with Crippen LogP contribution in [0.5, 0.6) is 0 Å². The van der Waals surface area contributed by atoms with Crippen LogP contribution in [0.4, 0.5) is 0 Å². The fourth-order valence-corrected chi connectivity index (χ4v) is 2.12. The molecule has 1 aliphatic carbocycles. The van der Waals surface area contributed by atoms with Crippen molar-refractivity contribution >= 4 is 5.91 Å². The van der Waals surface area contributed by atoms with Gasteiger partial charge in [-0.3, -0.25) is 4.79 Å². The Morgan fingerprint density at radius 2 is 2.28 bits per heavy atom. The largest absolute Gasteiger partial charge is 0.435 e. The second-order valence-electron chi connectivity index (χ2n) is 5.18. The van der Waals surface area contributed by atoms with E-state index in [2.05, 4.69) is 10.3 Å². The van der Waals surface area contributed by atoms with Crippen LogP contribution in [0.2, 0.25) is 0 Å². The van der Waals surface area contributed by atoms with Crippen LogP contribution in [0, 0.1) is 12.8 Å². The lowest BCUT2D eigenvalue weighted by Crippen LogP contribution is -2.50. The van der Waals surface area contributed by atoms with Crippen LogP contribution in [0.1, 0.15) is 48.8 Å². The molecule has 1 atom stereocenters. The first-order chi connectivity index (χ1) is 8.50. The van der Waals surface area contributed by atoms with Gasteiger partial charge in [-0.1, -0.05) is 6.92 Å². The van der Waals surface area contributed by atoms with Gasteiger partial charge in [0.15, 0.2) is 5.89 Å². The normalized spacial score (nSPS) is 18.4. The SMILES string of the molecule is CCc1nc(C)c(C(=O)NC(C)(CO)C2CC2)o1. The molecule has 1 unspecified atom stereocenters. The van der Waals surface area contributed by atoms with E-state index in [9.17, 15) is 9.90 Å². The zero-order valence-electron chi connectivity index (χ0n) is 11.1. The Balaban J connectivity index is 2.13. The molecule has 5 heteroatoms. The van der Waals surface area contributed by atoms with Crippen LogP contribution in [-0.4, -0.2) is 28.1 Å². The van der Waals surface area contributed by atoms with Crippen molar-refractivity contribution in [3.63, 3.8) is 0 Å². The number of carbonyl (C=O) groups is 1. The Hall–Kier alpha value is -1.36. The number of oxazole rings is 1. The van der Waals surface area contributed by atoms with E-state index in [-0.39, 0.29) is 18.3 Å². The minimum atomic E-state index is -0.553. The molecule has 1 aromatic heterocycles. The van der Waals surface area contributed by atoms with Gasteiger partial charge < -0.3 is 14.8 Å². The third-order valence-corrected chi connectivity index (χ3v) is 3.56. The molecule has 0 aliphatic heterocycles. The van der Waals surface area contributed by atoms with Gasteiger partial charge in [0.2, 0.25) is 5.76 Å². The van der Waals surface area contributed by atoms with Gasteiger partial charge in [0, 0.05) is 6.42 Å². The maximum absolute atomic E-state index is 12.1. The molecule has 100 valence electrons.